The van der Waals surface area contributed by atoms with E-state index >= 15 is 0 Å². The zero-order valence-electron chi connectivity index (χ0n) is 5.52. The zero-order chi connectivity index (χ0) is 7.11. The molecule has 0 aliphatic carbocycles. The first-order chi connectivity index (χ1) is 4.31. The summed E-state index contributed by atoms with van der Waals surface area (Å²) in [5, 5.41) is 11.1. The first-order valence-corrected chi connectivity index (χ1v) is 2.87. The first-order valence-electron chi connectivity index (χ1n) is 2.87. The van der Waals surface area contributed by atoms with Crippen LogP contribution in [0, 0.1) is 23.7 Å². The Bertz CT molecular complexity index is 138. The largest absolute Gasteiger partial charge is 0.303 e. The average molecular weight is 122 g/mol. The number of terminal acetylenes is 1. The SMILES string of the molecule is C#CC(C)NCCC#N. The Morgan fingerprint density at radius 2 is 2.44 bits per heavy atom. The average Bonchev–Trinajstić information content (AvgIpc) is 1.89. The van der Waals surface area contributed by atoms with Gasteiger partial charge in [0.25, 0.3) is 0 Å². The molecule has 0 saturated carbocycles. The molecule has 0 spiro atoms. The number of nitrogens with zero attached hydrogens (tertiary/aromatic N) is 1. The smallest absolute Gasteiger partial charge is 0.0658 e. The lowest BCUT2D eigenvalue weighted by Gasteiger charge is -2.02. The van der Waals surface area contributed by atoms with Gasteiger partial charge >= 0.3 is 0 Å². The highest BCUT2D eigenvalue weighted by atomic mass is 14.9. The highest BCUT2D eigenvalue weighted by molar-refractivity contribution is 4.95. The molecule has 2 heteroatoms. The Kier molecular flexibility index (Phi) is 4.59. The summed E-state index contributed by atoms with van der Waals surface area (Å²) >= 11 is 0. The third kappa shape index (κ3) is 4.87. The van der Waals surface area contributed by atoms with Crippen molar-refractivity contribution >= 4 is 0 Å². The Balaban J connectivity index is 3.12. The molecule has 0 aromatic heterocycles. The second-order valence-electron chi connectivity index (χ2n) is 1.75. The van der Waals surface area contributed by atoms with Gasteiger partial charge < -0.3 is 5.32 Å². The van der Waals surface area contributed by atoms with E-state index in [0.717, 1.165) is 0 Å². The molecule has 0 bridgehead atoms. The van der Waals surface area contributed by atoms with Crippen molar-refractivity contribution in [2.75, 3.05) is 6.54 Å². The predicted molar refractivity (Wildman–Crippen MR) is 36.5 cm³/mol. The fourth-order valence-electron chi connectivity index (χ4n) is 0.404. The van der Waals surface area contributed by atoms with Gasteiger partial charge in [-0.25, -0.2) is 0 Å². The van der Waals surface area contributed by atoms with Gasteiger partial charge in [-0.05, 0) is 6.92 Å². The van der Waals surface area contributed by atoms with Crippen molar-refractivity contribution in [3.63, 3.8) is 0 Å². The van der Waals surface area contributed by atoms with Gasteiger partial charge in [0.15, 0.2) is 0 Å². The maximum Gasteiger partial charge on any atom is 0.0658 e. The van der Waals surface area contributed by atoms with E-state index < -0.39 is 0 Å². The molecule has 0 heterocycles. The van der Waals surface area contributed by atoms with E-state index in [9.17, 15) is 0 Å². The number of hydrogen-bond donors (Lipinski definition) is 1. The Labute approximate surface area is 55.9 Å². The molecule has 48 valence electrons. The molecule has 1 N–H and O–H groups in total. The van der Waals surface area contributed by atoms with E-state index in [1.165, 1.54) is 0 Å². The summed E-state index contributed by atoms with van der Waals surface area (Å²) in [5.41, 5.74) is 0. The van der Waals surface area contributed by atoms with Crippen molar-refractivity contribution in [3.8, 4) is 18.4 Å². The van der Waals surface area contributed by atoms with E-state index in [-0.39, 0.29) is 6.04 Å². The fourth-order valence-corrected chi connectivity index (χ4v) is 0.404. The molecule has 0 rings (SSSR count). The van der Waals surface area contributed by atoms with Gasteiger partial charge in [-0.1, -0.05) is 5.92 Å². The predicted octanol–water partition coefficient (Wildman–Crippen LogP) is 0.511. The van der Waals surface area contributed by atoms with E-state index in [2.05, 4.69) is 11.2 Å². The van der Waals surface area contributed by atoms with Crippen LogP contribution in [0.1, 0.15) is 13.3 Å². The van der Waals surface area contributed by atoms with Crippen molar-refractivity contribution in [1.82, 2.24) is 5.32 Å². The Hall–Kier alpha value is -0.990. The molecule has 1 unspecified atom stereocenters. The summed E-state index contributed by atoms with van der Waals surface area (Å²) in [6, 6.07) is 2.10. The maximum absolute atomic E-state index is 8.11. The van der Waals surface area contributed by atoms with Gasteiger partial charge in [0.05, 0.1) is 12.1 Å². The van der Waals surface area contributed by atoms with Crippen LogP contribution in [0.5, 0.6) is 0 Å². The number of nitriles is 1. The molecule has 0 aliphatic heterocycles. The lowest BCUT2D eigenvalue weighted by Crippen LogP contribution is -2.24. The van der Waals surface area contributed by atoms with Crippen LogP contribution >= 0.6 is 0 Å². The van der Waals surface area contributed by atoms with Gasteiger partial charge in [-0.3, -0.25) is 0 Å². The highest BCUT2D eigenvalue weighted by Crippen LogP contribution is 1.77. The third-order valence-electron chi connectivity index (χ3n) is 0.937. The number of rotatable bonds is 3. The summed E-state index contributed by atoms with van der Waals surface area (Å²) in [4.78, 5) is 0. The van der Waals surface area contributed by atoms with Gasteiger partial charge in [-0.2, -0.15) is 5.26 Å². The van der Waals surface area contributed by atoms with Crippen molar-refractivity contribution < 1.29 is 0 Å². The molecule has 9 heavy (non-hydrogen) atoms. The number of hydrogen-bond acceptors (Lipinski definition) is 2. The van der Waals surface area contributed by atoms with Crippen LogP contribution in [0.4, 0.5) is 0 Å². The van der Waals surface area contributed by atoms with Crippen molar-refractivity contribution in [2.24, 2.45) is 0 Å². The summed E-state index contributed by atoms with van der Waals surface area (Å²) in [6.45, 7) is 2.57. The van der Waals surface area contributed by atoms with Crippen LogP contribution in [0.25, 0.3) is 0 Å². The van der Waals surface area contributed by atoms with Gasteiger partial charge in [-0.15, -0.1) is 6.42 Å². The molecule has 0 fully saturated rings. The Morgan fingerprint density at radius 1 is 1.78 bits per heavy atom. The standard InChI is InChI=1S/C7H10N2/c1-3-7(2)9-6-4-5-8/h1,7,9H,4,6H2,2H3. The third-order valence-corrected chi connectivity index (χ3v) is 0.937. The van der Waals surface area contributed by atoms with Crippen LogP contribution in [0.3, 0.4) is 0 Å². The second kappa shape index (κ2) is 5.15. The summed E-state index contributed by atoms with van der Waals surface area (Å²) in [7, 11) is 0. The number of nitrogens with one attached hydrogen (secondary N) is 1. The molecular formula is C7H10N2. The minimum Gasteiger partial charge on any atom is -0.303 e. The van der Waals surface area contributed by atoms with E-state index in [1.54, 1.807) is 0 Å². The lowest BCUT2D eigenvalue weighted by molar-refractivity contribution is 0.655. The minimum absolute atomic E-state index is 0.0818. The van der Waals surface area contributed by atoms with E-state index in [1.807, 2.05) is 13.0 Å². The summed E-state index contributed by atoms with van der Waals surface area (Å²) < 4.78 is 0. The molecule has 0 aromatic rings. The maximum atomic E-state index is 8.11. The van der Waals surface area contributed by atoms with Crippen molar-refractivity contribution in [2.45, 2.75) is 19.4 Å². The zero-order valence-corrected chi connectivity index (χ0v) is 5.52. The van der Waals surface area contributed by atoms with Gasteiger partial charge in [0, 0.05) is 13.0 Å². The topological polar surface area (TPSA) is 35.8 Å². The second-order valence-corrected chi connectivity index (χ2v) is 1.75. The molecule has 0 aromatic carbocycles. The van der Waals surface area contributed by atoms with Crippen molar-refractivity contribution in [1.29, 1.82) is 5.26 Å². The van der Waals surface area contributed by atoms with E-state index in [4.69, 9.17) is 11.7 Å². The van der Waals surface area contributed by atoms with Crippen LogP contribution in [0.15, 0.2) is 0 Å². The van der Waals surface area contributed by atoms with Crippen LogP contribution in [-0.4, -0.2) is 12.6 Å². The quantitative estimate of drug-likeness (QED) is 0.437. The highest BCUT2D eigenvalue weighted by Gasteiger charge is 1.91. The van der Waals surface area contributed by atoms with Crippen LogP contribution in [0.2, 0.25) is 0 Å². The Morgan fingerprint density at radius 3 is 2.89 bits per heavy atom. The van der Waals surface area contributed by atoms with Crippen molar-refractivity contribution in [3.05, 3.63) is 0 Å². The summed E-state index contributed by atoms with van der Waals surface area (Å²) in [5.74, 6) is 2.50. The normalized spacial score (nSPS) is 11.4. The molecule has 0 radical (unpaired) electrons. The summed E-state index contributed by atoms with van der Waals surface area (Å²) in [6.07, 6.45) is 5.58. The minimum atomic E-state index is 0.0818. The molecule has 1 atom stereocenters. The molecule has 0 saturated heterocycles. The monoisotopic (exact) mass is 122 g/mol. The lowest BCUT2D eigenvalue weighted by atomic mass is 10.3. The van der Waals surface area contributed by atoms with Crippen LogP contribution < -0.4 is 5.32 Å². The molecule has 2 nitrogen and oxygen atoms in total. The van der Waals surface area contributed by atoms with E-state index in [0.29, 0.717) is 13.0 Å². The van der Waals surface area contributed by atoms with Gasteiger partial charge in [0.1, 0.15) is 0 Å². The van der Waals surface area contributed by atoms with Crippen LogP contribution in [-0.2, 0) is 0 Å². The molecular weight excluding hydrogens is 112 g/mol. The molecule has 0 amide bonds. The fraction of sp³-hybridized carbons (Fsp3) is 0.571. The van der Waals surface area contributed by atoms with Gasteiger partial charge in [0.2, 0.25) is 0 Å². The molecule has 0 aliphatic rings. The first kappa shape index (κ1) is 8.01.